The molecule has 0 atom stereocenters. The van der Waals surface area contributed by atoms with Crippen molar-refractivity contribution in [3.63, 3.8) is 0 Å². The van der Waals surface area contributed by atoms with Crippen LogP contribution in [-0.2, 0) is 0 Å². The molecule has 3 N–H and O–H groups in total. The lowest BCUT2D eigenvalue weighted by Crippen LogP contribution is -1.98. The van der Waals surface area contributed by atoms with Crippen LogP contribution in [0.5, 0.6) is 0 Å². The van der Waals surface area contributed by atoms with Crippen LogP contribution in [0.3, 0.4) is 0 Å². The number of nitrogens with one attached hydrogen (secondary N) is 1. The summed E-state index contributed by atoms with van der Waals surface area (Å²) in [6, 6.07) is 12.0. The highest BCUT2D eigenvalue weighted by Crippen LogP contribution is 2.33. The third-order valence-corrected chi connectivity index (χ3v) is 2.54. The molecule has 0 fully saturated rings. The van der Waals surface area contributed by atoms with E-state index in [0.717, 1.165) is 5.69 Å². The molecule has 2 nitrogen and oxygen atoms in total. The number of para-hydroxylation sites is 1. The van der Waals surface area contributed by atoms with E-state index >= 15 is 0 Å². The molecule has 0 saturated carbocycles. The Labute approximate surface area is 97.8 Å². The third kappa shape index (κ3) is 2.09. The lowest BCUT2D eigenvalue weighted by atomic mass is 10.2. The number of anilines is 3. The summed E-state index contributed by atoms with van der Waals surface area (Å²) in [7, 11) is 0. The first kappa shape index (κ1) is 10.8. The summed E-state index contributed by atoms with van der Waals surface area (Å²) in [6.45, 7) is 0. The van der Waals surface area contributed by atoms with Crippen molar-refractivity contribution in [1.29, 1.82) is 0 Å². The first-order valence-corrected chi connectivity index (χ1v) is 5.12. The zero-order valence-corrected chi connectivity index (χ0v) is 9.13. The molecule has 0 unspecified atom stereocenters. The third-order valence-electron chi connectivity index (χ3n) is 2.17. The molecule has 0 saturated heterocycles. The molecular formula is C12H10ClFN2. The van der Waals surface area contributed by atoms with Crippen molar-refractivity contribution in [3.8, 4) is 0 Å². The molecule has 0 amide bonds. The molecule has 82 valence electrons. The van der Waals surface area contributed by atoms with E-state index in [-0.39, 0.29) is 5.02 Å². The molecule has 2 rings (SSSR count). The maximum Gasteiger partial charge on any atom is 0.144 e. The number of nitrogens with two attached hydrogens (primary N) is 1. The molecule has 2 aromatic carbocycles. The molecule has 0 radical (unpaired) electrons. The van der Waals surface area contributed by atoms with E-state index in [4.69, 9.17) is 17.3 Å². The number of hydrogen-bond donors (Lipinski definition) is 2. The smallest absolute Gasteiger partial charge is 0.144 e. The second-order valence-corrected chi connectivity index (χ2v) is 3.69. The lowest BCUT2D eigenvalue weighted by molar-refractivity contribution is 0.629. The van der Waals surface area contributed by atoms with E-state index in [1.807, 2.05) is 30.3 Å². The monoisotopic (exact) mass is 236 g/mol. The predicted molar refractivity (Wildman–Crippen MR) is 65.5 cm³/mol. The van der Waals surface area contributed by atoms with Gasteiger partial charge in [0.25, 0.3) is 0 Å². The largest absolute Gasteiger partial charge is 0.397 e. The van der Waals surface area contributed by atoms with Crippen LogP contribution in [-0.4, -0.2) is 0 Å². The van der Waals surface area contributed by atoms with Crippen molar-refractivity contribution in [3.05, 3.63) is 53.3 Å². The van der Waals surface area contributed by atoms with Crippen LogP contribution in [0, 0.1) is 5.82 Å². The van der Waals surface area contributed by atoms with Crippen LogP contribution >= 0.6 is 11.6 Å². The predicted octanol–water partition coefficient (Wildman–Crippen LogP) is 3.80. The lowest BCUT2D eigenvalue weighted by Gasteiger charge is -2.11. The normalized spacial score (nSPS) is 10.1. The van der Waals surface area contributed by atoms with Gasteiger partial charge in [0, 0.05) is 5.69 Å². The molecule has 0 aliphatic carbocycles. The Morgan fingerprint density at radius 1 is 1.06 bits per heavy atom. The van der Waals surface area contributed by atoms with Crippen LogP contribution < -0.4 is 11.1 Å². The maximum absolute atomic E-state index is 13.2. The van der Waals surface area contributed by atoms with Crippen LogP contribution in [0.2, 0.25) is 5.02 Å². The molecule has 0 aliphatic rings. The van der Waals surface area contributed by atoms with Crippen molar-refractivity contribution in [2.24, 2.45) is 0 Å². The van der Waals surface area contributed by atoms with E-state index in [1.54, 1.807) is 0 Å². The highest BCUT2D eigenvalue weighted by atomic mass is 35.5. The van der Waals surface area contributed by atoms with Gasteiger partial charge in [-0.1, -0.05) is 29.8 Å². The Morgan fingerprint density at radius 3 is 2.44 bits per heavy atom. The molecular weight excluding hydrogens is 227 g/mol. The number of halogens is 2. The highest BCUT2D eigenvalue weighted by Gasteiger charge is 2.09. The SMILES string of the molecule is Nc1ccc(F)c(Cl)c1Nc1ccccc1. The van der Waals surface area contributed by atoms with Crippen molar-refractivity contribution in [2.45, 2.75) is 0 Å². The van der Waals surface area contributed by atoms with E-state index in [1.165, 1.54) is 12.1 Å². The van der Waals surface area contributed by atoms with Gasteiger partial charge in [-0.3, -0.25) is 0 Å². The minimum atomic E-state index is -0.491. The van der Waals surface area contributed by atoms with Crippen LogP contribution in [0.1, 0.15) is 0 Å². The Hall–Kier alpha value is -1.74. The molecule has 0 spiro atoms. The summed E-state index contributed by atoms with van der Waals surface area (Å²) >= 11 is 5.83. The molecule has 0 bridgehead atoms. The molecule has 4 heteroatoms. The van der Waals surface area contributed by atoms with E-state index in [9.17, 15) is 4.39 Å². The summed E-state index contributed by atoms with van der Waals surface area (Å²) in [5.41, 5.74) is 7.34. The topological polar surface area (TPSA) is 38.0 Å². The van der Waals surface area contributed by atoms with E-state index in [0.29, 0.717) is 11.4 Å². The molecule has 16 heavy (non-hydrogen) atoms. The zero-order chi connectivity index (χ0) is 11.5. The highest BCUT2D eigenvalue weighted by molar-refractivity contribution is 6.34. The van der Waals surface area contributed by atoms with Crippen LogP contribution in [0.25, 0.3) is 0 Å². The summed E-state index contributed by atoms with van der Waals surface area (Å²) in [5, 5.41) is 2.99. The average molecular weight is 237 g/mol. The fourth-order valence-corrected chi connectivity index (χ4v) is 1.58. The molecule has 0 aromatic heterocycles. The molecule has 2 aromatic rings. The van der Waals surface area contributed by atoms with Gasteiger partial charge < -0.3 is 11.1 Å². The van der Waals surface area contributed by atoms with Gasteiger partial charge in [-0.2, -0.15) is 0 Å². The van der Waals surface area contributed by atoms with Crippen LogP contribution in [0.4, 0.5) is 21.5 Å². The van der Waals surface area contributed by atoms with Crippen molar-refractivity contribution < 1.29 is 4.39 Å². The maximum atomic E-state index is 13.2. The Bertz CT molecular complexity index is 500. The van der Waals surface area contributed by atoms with Gasteiger partial charge in [-0.05, 0) is 24.3 Å². The summed E-state index contributed by atoms with van der Waals surface area (Å²) in [6.07, 6.45) is 0. The Kier molecular flexibility index (Phi) is 2.97. The van der Waals surface area contributed by atoms with Gasteiger partial charge in [0.2, 0.25) is 0 Å². The van der Waals surface area contributed by atoms with Gasteiger partial charge in [0.15, 0.2) is 0 Å². The summed E-state index contributed by atoms with van der Waals surface area (Å²) in [4.78, 5) is 0. The zero-order valence-electron chi connectivity index (χ0n) is 8.37. The second kappa shape index (κ2) is 4.41. The summed E-state index contributed by atoms with van der Waals surface area (Å²) < 4.78 is 13.2. The average Bonchev–Trinajstić information content (AvgIpc) is 2.31. The number of hydrogen-bond acceptors (Lipinski definition) is 2. The molecule has 0 heterocycles. The fourth-order valence-electron chi connectivity index (χ4n) is 1.36. The van der Waals surface area contributed by atoms with Gasteiger partial charge >= 0.3 is 0 Å². The van der Waals surface area contributed by atoms with Gasteiger partial charge in [0.05, 0.1) is 11.4 Å². The fraction of sp³-hybridized carbons (Fsp3) is 0. The van der Waals surface area contributed by atoms with Crippen molar-refractivity contribution in [1.82, 2.24) is 0 Å². The number of nitrogen functional groups attached to an aromatic ring is 1. The first-order valence-electron chi connectivity index (χ1n) is 4.74. The Balaban J connectivity index is 2.38. The Morgan fingerprint density at radius 2 is 1.75 bits per heavy atom. The van der Waals surface area contributed by atoms with E-state index < -0.39 is 5.82 Å². The number of benzene rings is 2. The minimum Gasteiger partial charge on any atom is -0.397 e. The van der Waals surface area contributed by atoms with Crippen molar-refractivity contribution >= 4 is 28.7 Å². The quantitative estimate of drug-likeness (QED) is 0.779. The van der Waals surface area contributed by atoms with Gasteiger partial charge in [-0.15, -0.1) is 0 Å². The van der Waals surface area contributed by atoms with E-state index in [2.05, 4.69) is 5.32 Å². The second-order valence-electron chi connectivity index (χ2n) is 3.32. The van der Waals surface area contributed by atoms with Gasteiger partial charge in [0.1, 0.15) is 10.8 Å². The van der Waals surface area contributed by atoms with Gasteiger partial charge in [-0.25, -0.2) is 4.39 Å². The summed E-state index contributed by atoms with van der Waals surface area (Å²) in [5.74, 6) is -0.491. The van der Waals surface area contributed by atoms with Crippen LogP contribution in [0.15, 0.2) is 42.5 Å². The number of rotatable bonds is 2. The molecule has 0 aliphatic heterocycles. The minimum absolute atomic E-state index is 0.00357. The first-order chi connectivity index (χ1) is 7.68. The standard InChI is InChI=1S/C12H10ClFN2/c13-11-9(14)6-7-10(15)12(11)16-8-4-2-1-3-5-8/h1-7,16H,15H2. The van der Waals surface area contributed by atoms with Crippen molar-refractivity contribution in [2.75, 3.05) is 11.1 Å².